The summed E-state index contributed by atoms with van der Waals surface area (Å²) in [5.41, 5.74) is 2.69. The monoisotopic (exact) mass is 373 g/mol. The first-order valence-corrected chi connectivity index (χ1v) is 9.87. The Bertz CT molecular complexity index is 1020. The van der Waals surface area contributed by atoms with E-state index in [1.807, 2.05) is 48.5 Å². The smallest absolute Gasteiger partial charge is 0.120 e. The summed E-state index contributed by atoms with van der Waals surface area (Å²) in [7, 11) is 0. The van der Waals surface area contributed by atoms with Gasteiger partial charge in [-0.1, -0.05) is 121 Å². The zero-order valence-corrected chi connectivity index (χ0v) is 16.5. The fraction of sp³-hybridized carbons (Fsp3) is 0.107. The quantitative estimate of drug-likeness (QED) is 0.391. The number of benzene rings is 4. The van der Waals surface area contributed by atoms with Gasteiger partial charge in [-0.3, -0.25) is 0 Å². The average Bonchev–Trinajstić information content (AvgIpc) is 2.82. The van der Waals surface area contributed by atoms with Gasteiger partial charge >= 0.3 is 0 Å². The molecule has 0 unspecified atom stereocenters. The van der Waals surface area contributed by atoms with Gasteiger partial charge in [-0.25, -0.2) is 0 Å². The highest BCUT2D eigenvalue weighted by molar-refractivity contribution is 5.59. The third kappa shape index (κ3) is 2.94. The Morgan fingerprint density at radius 1 is 0.483 bits per heavy atom. The van der Waals surface area contributed by atoms with Gasteiger partial charge in [0.1, 0.15) is 5.41 Å². The Kier molecular flexibility index (Phi) is 5.02. The number of hydrogen-bond donors (Lipinski definition) is 0. The van der Waals surface area contributed by atoms with Crippen molar-refractivity contribution in [2.24, 2.45) is 0 Å². The molecule has 140 valence electrons. The van der Waals surface area contributed by atoms with Crippen molar-refractivity contribution in [1.82, 2.24) is 0 Å². The maximum absolute atomic E-state index is 10.9. The Labute approximate surface area is 172 Å². The molecule has 0 spiro atoms. The van der Waals surface area contributed by atoms with Crippen molar-refractivity contribution in [2.75, 3.05) is 0 Å². The van der Waals surface area contributed by atoms with Crippen LogP contribution in [0.25, 0.3) is 0 Å². The molecule has 4 rings (SSSR count). The Morgan fingerprint density at radius 2 is 0.759 bits per heavy atom. The lowest BCUT2D eigenvalue weighted by molar-refractivity contribution is 0.411. The minimum atomic E-state index is -0.905. The number of nitrogens with zero attached hydrogens (tertiary/aromatic N) is 1. The van der Waals surface area contributed by atoms with Crippen LogP contribution >= 0.6 is 0 Å². The molecule has 4 aromatic carbocycles. The van der Waals surface area contributed by atoms with E-state index in [1.54, 1.807) is 0 Å². The van der Waals surface area contributed by atoms with Gasteiger partial charge in [0.05, 0.1) is 6.07 Å². The van der Waals surface area contributed by atoms with Crippen molar-refractivity contribution in [3.05, 3.63) is 144 Å². The Hall–Kier alpha value is -3.63. The molecule has 0 saturated heterocycles. The van der Waals surface area contributed by atoms with E-state index in [1.165, 1.54) is 0 Å². The predicted octanol–water partition coefficient (Wildman–Crippen LogP) is 6.50. The third-order valence-electron chi connectivity index (χ3n) is 6.03. The van der Waals surface area contributed by atoms with Gasteiger partial charge in [0.15, 0.2) is 0 Å². The molecule has 0 aromatic heterocycles. The van der Waals surface area contributed by atoms with Crippen LogP contribution in [-0.4, -0.2) is 0 Å². The van der Waals surface area contributed by atoms with Crippen molar-refractivity contribution < 1.29 is 0 Å². The second-order valence-electron chi connectivity index (χ2n) is 7.45. The molecule has 0 atom stereocenters. The van der Waals surface area contributed by atoms with Gasteiger partial charge in [0.2, 0.25) is 0 Å². The fourth-order valence-electron chi connectivity index (χ4n) is 4.50. The first-order valence-electron chi connectivity index (χ1n) is 9.87. The molecule has 0 heterocycles. The largest absolute Gasteiger partial charge is 0.197 e. The second kappa shape index (κ2) is 7.78. The van der Waals surface area contributed by atoms with Gasteiger partial charge in [0, 0.05) is 5.41 Å². The van der Waals surface area contributed by atoms with Gasteiger partial charge in [-0.15, -0.1) is 0 Å². The second-order valence-corrected chi connectivity index (χ2v) is 7.45. The molecule has 0 aliphatic heterocycles. The van der Waals surface area contributed by atoms with Crippen LogP contribution in [0.3, 0.4) is 0 Å². The van der Waals surface area contributed by atoms with E-state index in [2.05, 4.69) is 85.8 Å². The lowest BCUT2D eigenvalue weighted by Crippen LogP contribution is -2.48. The number of nitriles is 1. The summed E-state index contributed by atoms with van der Waals surface area (Å²) in [5.74, 6) is 0. The number of hydrogen-bond acceptors (Lipinski definition) is 1. The maximum Gasteiger partial charge on any atom is 0.120 e. The molecule has 1 nitrogen and oxygen atoms in total. The molecule has 0 saturated carbocycles. The predicted molar refractivity (Wildman–Crippen MR) is 119 cm³/mol. The summed E-state index contributed by atoms with van der Waals surface area (Å²) in [6, 6.07) is 43.9. The standard InChI is InChI=1S/C28H23N/c1-27(23-14-6-2-7-15-23,24-16-8-3-9-17-24)28(22-29,25-18-10-4-11-19-25)26-20-12-5-13-21-26/h2-21H,1H3. The van der Waals surface area contributed by atoms with Crippen LogP contribution in [0.1, 0.15) is 29.2 Å². The summed E-state index contributed by atoms with van der Waals surface area (Å²) < 4.78 is 0. The summed E-state index contributed by atoms with van der Waals surface area (Å²) in [4.78, 5) is 0. The van der Waals surface area contributed by atoms with E-state index in [9.17, 15) is 5.26 Å². The molecule has 0 aliphatic rings. The SMILES string of the molecule is CC(c1ccccc1)(c1ccccc1)C(C#N)(c1ccccc1)c1ccccc1. The van der Waals surface area contributed by atoms with Crippen molar-refractivity contribution in [1.29, 1.82) is 5.26 Å². The molecule has 0 radical (unpaired) electrons. The molecule has 0 N–H and O–H groups in total. The van der Waals surface area contributed by atoms with Crippen LogP contribution in [0.15, 0.2) is 121 Å². The summed E-state index contributed by atoms with van der Waals surface area (Å²) >= 11 is 0. The molecule has 0 aliphatic carbocycles. The van der Waals surface area contributed by atoms with Crippen LogP contribution in [0.5, 0.6) is 0 Å². The minimum absolute atomic E-state index is 0.604. The van der Waals surface area contributed by atoms with Crippen LogP contribution in [0, 0.1) is 11.3 Å². The normalized spacial score (nSPS) is 11.6. The number of rotatable bonds is 5. The highest BCUT2D eigenvalue weighted by Crippen LogP contribution is 2.52. The Balaban J connectivity index is 2.15. The zero-order chi connectivity index (χ0) is 20.2. The summed E-state index contributed by atoms with van der Waals surface area (Å²) in [5, 5.41) is 10.9. The van der Waals surface area contributed by atoms with Gasteiger partial charge in [-0.2, -0.15) is 5.26 Å². The van der Waals surface area contributed by atoms with Crippen LogP contribution in [0.2, 0.25) is 0 Å². The van der Waals surface area contributed by atoms with Crippen molar-refractivity contribution in [3.8, 4) is 6.07 Å². The summed E-state index contributed by atoms with van der Waals surface area (Å²) in [6.45, 7) is 2.20. The van der Waals surface area contributed by atoms with Gasteiger partial charge < -0.3 is 0 Å². The van der Waals surface area contributed by atoms with Crippen LogP contribution < -0.4 is 0 Å². The van der Waals surface area contributed by atoms with Crippen molar-refractivity contribution in [3.63, 3.8) is 0 Å². The fourth-order valence-corrected chi connectivity index (χ4v) is 4.50. The van der Waals surface area contributed by atoms with E-state index in [4.69, 9.17) is 0 Å². The molecule has 0 fully saturated rings. The van der Waals surface area contributed by atoms with E-state index in [0.29, 0.717) is 0 Å². The minimum Gasteiger partial charge on any atom is -0.197 e. The first kappa shape index (κ1) is 18.7. The third-order valence-corrected chi connectivity index (χ3v) is 6.03. The lowest BCUT2D eigenvalue weighted by Gasteiger charge is -2.46. The maximum atomic E-state index is 10.9. The average molecular weight is 373 g/mol. The lowest BCUT2D eigenvalue weighted by atomic mass is 9.53. The Morgan fingerprint density at radius 3 is 1.03 bits per heavy atom. The molecular weight excluding hydrogens is 350 g/mol. The van der Waals surface area contributed by atoms with Crippen LogP contribution in [0.4, 0.5) is 0 Å². The van der Waals surface area contributed by atoms with Gasteiger partial charge in [0.25, 0.3) is 0 Å². The summed E-state index contributed by atoms with van der Waals surface area (Å²) in [6.07, 6.45) is 0. The van der Waals surface area contributed by atoms with Gasteiger partial charge in [-0.05, 0) is 29.2 Å². The zero-order valence-electron chi connectivity index (χ0n) is 16.5. The molecule has 29 heavy (non-hydrogen) atoms. The first-order chi connectivity index (χ1) is 14.2. The van der Waals surface area contributed by atoms with E-state index >= 15 is 0 Å². The molecule has 1 heteroatoms. The highest BCUT2D eigenvalue weighted by atomic mass is 14.5. The molecular formula is C28H23N. The molecule has 0 amide bonds. The van der Waals surface area contributed by atoms with E-state index in [-0.39, 0.29) is 0 Å². The van der Waals surface area contributed by atoms with Crippen molar-refractivity contribution >= 4 is 0 Å². The highest BCUT2D eigenvalue weighted by Gasteiger charge is 2.53. The molecule has 4 aromatic rings. The van der Waals surface area contributed by atoms with E-state index < -0.39 is 10.8 Å². The topological polar surface area (TPSA) is 23.8 Å². The van der Waals surface area contributed by atoms with Crippen molar-refractivity contribution in [2.45, 2.75) is 17.8 Å². The van der Waals surface area contributed by atoms with E-state index in [0.717, 1.165) is 22.3 Å². The van der Waals surface area contributed by atoms with Crippen LogP contribution in [-0.2, 0) is 10.8 Å². The molecule has 0 bridgehead atoms.